The van der Waals surface area contributed by atoms with E-state index in [0.29, 0.717) is 0 Å². The molecule has 1 heterocycles. The van der Waals surface area contributed by atoms with Crippen LogP contribution < -0.4 is 5.32 Å². The smallest absolute Gasteiger partial charge is 0.0847 e. The van der Waals surface area contributed by atoms with Crippen LogP contribution in [0.25, 0.3) is 0 Å². The molecule has 0 aliphatic heterocycles. The summed E-state index contributed by atoms with van der Waals surface area (Å²) >= 11 is 3.42. The number of hydrogen-bond acceptors (Lipinski definition) is 1. The van der Waals surface area contributed by atoms with Crippen molar-refractivity contribution in [3.8, 4) is 0 Å². The number of nitrogens with one attached hydrogen (secondary N) is 1. The first-order valence-electron chi connectivity index (χ1n) is 3.19. The van der Waals surface area contributed by atoms with E-state index in [9.17, 15) is 0 Å². The molecule has 2 nitrogen and oxygen atoms in total. The highest BCUT2D eigenvalue weighted by Crippen LogP contribution is 2.12. The zero-order valence-corrected chi connectivity index (χ0v) is 7.77. The predicted octanol–water partition coefficient (Wildman–Crippen LogP) is 1.51. The monoisotopic (exact) mass is 202 g/mol. The van der Waals surface area contributed by atoms with Gasteiger partial charge in [0.15, 0.2) is 0 Å². The molecule has 0 aliphatic carbocycles. The van der Waals surface area contributed by atoms with Gasteiger partial charge in [-0.15, -0.1) is 0 Å². The Morgan fingerprint density at radius 1 is 1.70 bits per heavy atom. The molecule has 0 saturated carbocycles. The third-order valence-electron chi connectivity index (χ3n) is 1.38. The summed E-state index contributed by atoms with van der Waals surface area (Å²) < 4.78 is 3.17. The van der Waals surface area contributed by atoms with E-state index in [1.807, 2.05) is 18.7 Å². The summed E-state index contributed by atoms with van der Waals surface area (Å²) in [6.07, 6.45) is 2.10. The van der Waals surface area contributed by atoms with E-state index in [4.69, 9.17) is 0 Å². The van der Waals surface area contributed by atoms with Crippen LogP contribution in [0.1, 0.15) is 5.56 Å². The minimum Gasteiger partial charge on any atom is -0.345 e. The second-order valence-electron chi connectivity index (χ2n) is 2.31. The molecule has 0 saturated heterocycles. The average molecular weight is 203 g/mol. The highest BCUT2D eigenvalue weighted by Gasteiger charge is 1.96. The molecule has 0 radical (unpaired) electrons. The Morgan fingerprint density at radius 2 is 2.40 bits per heavy atom. The number of halogens is 1. The molecular formula is C7H11BrN2. The van der Waals surface area contributed by atoms with Crippen molar-refractivity contribution in [2.24, 2.45) is 7.05 Å². The van der Waals surface area contributed by atoms with Crippen LogP contribution in [0.3, 0.4) is 0 Å². The van der Waals surface area contributed by atoms with Gasteiger partial charge >= 0.3 is 0 Å². The van der Waals surface area contributed by atoms with Gasteiger partial charge < -0.3 is 9.88 Å². The maximum absolute atomic E-state index is 3.42. The molecule has 1 rings (SSSR count). The van der Waals surface area contributed by atoms with Crippen LogP contribution in [0.2, 0.25) is 0 Å². The maximum Gasteiger partial charge on any atom is 0.0847 e. The summed E-state index contributed by atoms with van der Waals surface area (Å²) in [6, 6.07) is 2.11. The number of nitrogens with zero attached hydrogens (tertiary/aromatic N) is 1. The minimum absolute atomic E-state index is 0.930. The summed E-state index contributed by atoms with van der Waals surface area (Å²) in [4.78, 5) is 0. The number of aromatic nitrogens is 1. The largest absolute Gasteiger partial charge is 0.345 e. The molecule has 56 valence electrons. The van der Waals surface area contributed by atoms with Crippen LogP contribution in [0.15, 0.2) is 16.9 Å². The maximum atomic E-state index is 3.42. The van der Waals surface area contributed by atoms with E-state index in [1.54, 1.807) is 0 Å². The Bertz CT molecular complexity index is 198. The zero-order valence-electron chi connectivity index (χ0n) is 6.19. The highest BCUT2D eigenvalue weighted by atomic mass is 79.9. The van der Waals surface area contributed by atoms with Crippen LogP contribution >= 0.6 is 15.9 Å². The van der Waals surface area contributed by atoms with Gasteiger partial charge in [0.05, 0.1) is 4.60 Å². The molecule has 0 unspecified atom stereocenters. The van der Waals surface area contributed by atoms with Gasteiger partial charge in [0.25, 0.3) is 0 Å². The fourth-order valence-corrected chi connectivity index (χ4v) is 1.30. The number of hydrogen-bond donors (Lipinski definition) is 1. The summed E-state index contributed by atoms with van der Waals surface area (Å²) in [6.45, 7) is 0.930. The molecule has 0 bridgehead atoms. The Morgan fingerprint density at radius 3 is 2.80 bits per heavy atom. The van der Waals surface area contributed by atoms with E-state index in [1.165, 1.54) is 5.56 Å². The van der Waals surface area contributed by atoms with Crippen molar-refractivity contribution in [2.45, 2.75) is 6.54 Å². The molecule has 0 atom stereocenters. The van der Waals surface area contributed by atoms with Crippen molar-refractivity contribution in [3.05, 3.63) is 22.4 Å². The van der Waals surface area contributed by atoms with Gasteiger partial charge in [-0.2, -0.15) is 0 Å². The summed E-state index contributed by atoms with van der Waals surface area (Å²) in [5.41, 5.74) is 1.30. The van der Waals surface area contributed by atoms with E-state index in [2.05, 4.69) is 33.5 Å². The summed E-state index contributed by atoms with van der Waals surface area (Å²) in [5, 5.41) is 3.09. The molecule has 0 spiro atoms. The lowest BCUT2D eigenvalue weighted by Gasteiger charge is -1.91. The lowest BCUT2D eigenvalue weighted by molar-refractivity contribution is 0.810. The Hall–Kier alpha value is -0.280. The lowest BCUT2D eigenvalue weighted by Crippen LogP contribution is -2.03. The highest BCUT2D eigenvalue weighted by molar-refractivity contribution is 9.10. The van der Waals surface area contributed by atoms with Crippen LogP contribution in [-0.2, 0) is 13.6 Å². The fourth-order valence-electron chi connectivity index (χ4n) is 0.903. The first-order chi connectivity index (χ1) is 4.74. The average Bonchev–Trinajstić information content (AvgIpc) is 2.14. The molecule has 0 fully saturated rings. The normalized spacial score (nSPS) is 10.3. The van der Waals surface area contributed by atoms with Crippen molar-refractivity contribution in [2.75, 3.05) is 7.05 Å². The van der Waals surface area contributed by atoms with E-state index in [0.717, 1.165) is 11.1 Å². The van der Waals surface area contributed by atoms with E-state index in [-0.39, 0.29) is 0 Å². The van der Waals surface area contributed by atoms with Crippen LogP contribution in [0, 0.1) is 0 Å². The van der Waals surface area contributed by atoms with Crippen molar-refractivity contribution in [1.29, 1.82) is 0 Å². The van der Waals surface area contributed by atoms with Crippen molar-refractivity contribution >= 4 is 15.9 Å². The topological polar surface area (TPSA) is 17.0 Å². The molecule has 0 aromatic carbocycles. The van der Waals surface area contributed by atoms with Crippen LogP contribution in [-0.4, -0.2) is 11.6 Å². The summed E-state index contributed by atoms with van der Waals surface area (Å²) in [7, 11) is 3.96. The van der Waals surface area contributed by atoms with Gasteiger partial charge in [0.1, 0.15) is 0 Å². The quantitative estimate of drug-likeness (QED) is 0.770. The van der Waals surface area contributed by atoms with Gasteiger partial charge in [-0.05, 0) is 34.6 Å². The number of rotatable bonds is 2. The van der Waals surface area contributed by atoms with Crippen molar-refractivity contribution in [1.82, 2.24) is 9.88 Å². The van der Waals surface area contributed by atoms with E-state index < -0.39 is 0 Å². The Kier molecular flexibility index (Phi) is 2.51. The SMILES string of the molecule is CNCc1cc(Br)n(C)c1. The number of aryl methyl sites for hydroxylation is 1. The first-order valence-corrected chi connectivity index (χ1v) is 3.98. The molecule has 0 aliphatic rings. The van der Waals surface area contributed by atoms with Crippen LogP contribution in [0.5, 0.6) is 0 Å². The Labute approximate surface area is 69.4 Å². The molecule has 3 heteroatoms. The van der Waals surface area contributed by atoms with Crippen molar-refractivity contribution in [3.63, 3.8) is 0 Å². The second-order valence-corrected chi connectivity index (χ2v) is 3.12. The lowest BCUT2D eigenvalue weighted by atomic mass is 10.3. The molecule has 0 amide bonds. The second kappa shape index (κ2) is 3.21. The molecule has 1 N–H and O–H groups in total. The third kappa shape index (κ3) is 1.61. The first kappa shape index (κ1) is 7.82. The van der Waals surface area contributed by atoms with Gasteiger partial charge in [0.2, 0.25) is 0 Å². The minimum atomic E-state index is 0.930. The van der Waals surface area contributed by atoms with Gasteiger partial charge in [-0.3, -0.25) is 0 Å². The fraction of sp³-hybridized carbons (Fsp3) is 0.429. The molecule has 1 aromatic rings. The zero-order chi connectivity index (χ0) is 7.56. The van der Waals surface area contributed by atoms with Gasteiger partial charge in [-0.25, -0.2) is 0 Å². The molecule has 1 aromatic heterocycles. The van der Waals surface area contributed by atoms with Crippen LogP contribution in [0.4, 0.5) is 0 Å². The molecule has 10 heavy (non-hydrogen) atoms. The standard InChI is InChI=1S/C7H11BrN2/c1-9-4-6-3-7(8)10(2)5-6/h3,5,9H,4H2,1-2H3. The predicted molar refractivity (Wildman–Crippen MR) is 45.9 cm³/mol. The summed E-state index contributed by atoms with van der Waals surface area (Å²) in [5.74, 6) is 0. The van der Waals surface area contributed by atoms with Crippen molar-refractivity contribution < 1.29 is 0 Å². The third-order valence-corrected chi connectivity index (χ3v) is 2.17. The Balaban J connectivity index is 2.77. The van der Waals surface area contributed by atoms with Gasteiger partial charge in [0, 0.05) is 19.8 Å². The molecular weight excluding hydrogens is 192 g/mol. The van der Waals surface area contributed by atoms with E-state index >= 15 is 0 Å². The van der Waals surface area contributed by atoms with Gasteiger partial charge in [-0.1, -0.05) is 0 Å².